The van der Waals surface area contributed by atoms with Crippen molar-refractivity contribution in [2.45, 2.75) is 0 Å². The van der Waals surface area contributed by atoms with Gasteiger partial charge in [0.1, 0.15) is 0 Å². The van der Waals surface area contributed by atoms with Crippen molar-refractivity contribution in [2.24, 2.45) is 0 Å². The first kappa shape index (κ1) is 32.9. The van der Waals surface area contributed by atoms with Gasteiger partial charge in [-0.25, -0.2) is 0 Å². The van der Waals surface area contributed by atoms with Crippen molar-refractivity contribution in [3.8, 4) is 33.4 Å². The molecule has 0 saturated heterocycles. The second-order valence-corrected chi connectivity index (χ2v) is 13.8. The lowest BCUT2D eigenvalue weighted by molar-refractivity contribution is 1.55. The molecular weight excluding hydrogens is 649 g/mol. The SMILES string of the molecule is C=C/C=C\c1ccc(-c2ccc3ccc(-c4c5ccccc5c(C(=C)c5cccc(-c6ccc7ccccc7c6)c5C=C)c5ccccc45)cc3c2)cc1. The van der Waals surface area contributed by atoms with Crippen molar-refractivity contribution < 1.29 is 0 Å². The van der Waals surface area contributed by atoms with Crippen molar-refractivity contribution in [1.82, 2.24) is 0 Å². The van der Waals surface area contributed by atoms with Gasteiger partial charge in [0.15, 0.2) is 0 Å². The van der Waals surface area contributed by atoms with Gasteiger partial charge in [0, 0.05) is 0 Å². The molecule has 0 heterocycles. The Balaban J connectivity index is 1.19. The van der Waals surface area contributed by atoms with Gasteiger partial charge in [-0.05, 0) is 122 Å². The highest BCUT2D eigenvalue weighted by Gasteiger charge is 2.20. The molecule has 9 aromatic carbocycles. The summed E-state index contributed by atoms with van der Waals surface area (Å²) in [5, 5.41) is 9.66. The van der Waals surface area contributed by atoms with Crippen LogP contribution in [0.4, 0.5) is 0 Å². The van der Waals surface area contributed by atoms with E-state index in [1.165, 1.54) is 70.9 Å². The molecule has 0 nitrogen and oxygen atoms in total. The van der Waals surface area contributed by atoms with Crippen LogP contribution in [0, 0.1) is 0 Å². The standard InChI is InChI=1S/C54H38/c1-4-6-14-37-23-25-39(26-24-37)42-30-27-40-29-32-44(35-45(40)34-42)54-51-19-11-9-17-49(51)53(50-18-10-12-20-52(50)54)36(3)47-21-13-22-48(46(47)5-2)43-31-28-38-15-7-8-16-41(38)33-43/h4-35H,1-3H2/b14-6-. The molecule has 0 radical (unpaired) electrons. The van der Waals surface area contributed by atoms with Gasteiger partial charge < -0.3 is 0 Å². The molecule has 0 atom stereocenters. The predicted octanol–water partition coefficient (Wildman–Crippen LogP) is 15.2. The van der Waals surface area contributed by atoms with E-state index in [2.05, 4.69) is 189 Å². The van der Waals surface area contributed by atoms with Gasteiger partial charge in [0.05, 0.1) is 0 Å². The largest absolute Gasteiger partial charge is 0.0991 e. The Morgan fingerprint density at radius 3 is 1.69 bits per heavy atom. The van der Waals surface area contributed by atoms with Crippen LogP contribution in [0.2, 0.25) is 0 Å². The fourth-order valence-corrected chi connectivity index (χ4v) is 8.10. The zero-order valence-corrected chi connectivity index (χ0v) is 30.1. The number of allylic oxidation sites excluding steroid dienone is 2. The van der Waals surface area contributed by atoms with Crippen LogP contribution in [0.5, 0.6) is 0 Å². The number of benzene rings is 9. The monoisotopic (exact) mass is 686 g/mol. The maximum absolute atomic E-state index is 4.83. The minimum Gasteiger partial charge on any atom is -0.0991 e. The van der Waals surface area contributed by atoms with E-state index in [1.54, 1.807) is 6.08 Å². The summed E-state index contributed by atoms with van der Waals surface area (Å²) < 4.78 is 0. The fraction of sp³-hybridized carbons (Fsp3) is 0. The van der Waals surface area contributed by atoms with Crippen molar-refractivity contribution >= 4 is 60.8 Å². The molecule has 0 fully saturated rings. The van der Waals surface area contributed by atoms with Gasteiger partial charge in [0.2, 0.25) is 0 Å². The van der Waals surface area contributed by atoms with Crippen LogP contribution >= 0.6 is 0 Å². The topological polar surface area (TPSA) is 0 Å². The second-order valence-electron chi connectivity index (χ2n) is 13.8. The van der Waals surface area contributed by atoms with E-state index in [-0.39, 0.29) is 0 Å². The van der Waals surface area contributed by atoms with Gasteiger partial charge in [-0.2, -0.15) is 0 Å². The highest BCUT2D eigenvalue weighted by molar-refractivity contribution is 6.20. The van der Waals surface area contributed by atoms with E-state index in [4.69, 9.17) is 6.58 Å². The van der Waals surface area contributed by atoms with Gasteiger partial charge in [0.25, 0.3) is 0 Å². The van der Waals surface area contributed by atoms with Crippen LogP contribution < -0.4 is 0 Å². The van der Waals surface area contributed by atoms with Crippen LogP contribution in [-0.2, 0) is 0 Å². The third-order valence-electron chi connectivity index (χ3n) is 10.7. The maximum Gasteiger partial charge on any atom is -0.00261 e. The molecule has 0 saturated carbocycles. The number of hydrogen-bond donors (Lipinski definition) is 0. The van der Waals surface area contributed by atoms with Crippen LogP contribution in [0.3, 0.4) is 0 Å². The molecular formula is C54H38. The quantitative estimate of drug-likeness (QED) is 0.110. The normalized spacial score (nSPS) is 11.5. The van der Waals surface area contributed by atoms with Crippen LogP contribution in [-0.4, -0.2) is 0 Å². The Hall–Kier alpha value is -7.02. The highest BCUT2D eigenvalue weighted by Crippen LogP contribution is 2.45. The third kappa shape index (κ3) is 5.75. The lowest BCUT2D eigenvalue weighted by atomic mass is 9.82. The molecule has 0 aliphatic heterocycles. The van der Waals surface area contributed by atoms with E-state index in [0.29, 0.717) is 0 Å². The first-order chi connectivity index (χ1) is 26.6. The maximum atomic E-state index is 4.83. The van der Waals surface area contributed by atoms with Gasteiger partial charge in [-0.1, -0.05) is 196 Å². The summed E-state index contributed by atoms with van der Waals surface area (Å²) in [4.78, 5) is 0. The average molecular weight is 687 g/mol. The van der Waals surface area contributed by atoms with E-state index in [0.717, 1.165) is 33.4 Å². The number of hydrogen-bond acceptors (Lipinski definition) is 0. The number of fused-ring (bicyclic) bond motifs is 4. The molecule has 0 bridgehead atoms. The molecule has 0 aliphatic carbocycles. The third-order valence-corrected chi connectivity index (χ3v) is 10.7. The van der Waals surface area contributed by atoms with Crippen LogP contribution in [0.15, 0.2) is 202 Å². The Bertz CT molecular complexity index is 2910. The van der Waals surface area contributed by atoms with Gasteiger partial charge >= 0.3 is 0 Å². The first-order valence-electron chi connectivity index (χ1n) is 18.4. The van der Waals surface area contributed by atoms with Crippen molar-refractivity contribution in [1.29, 1.82) is 0 Å². The smallest absolute Gasteiger partial charge is 0.00261 e. The minimum absolute atomic E-state index is 0.987. The lowest BCUT2D eigenvalue weighted by Gasteiger charge is -2.21. The molecule has 9 rings (SSSR count). The average Bonchev–Trinajstić information content (AvgIpc) is 3.23. The summed E-state index contributed by atoms with van der Waals surface area (Å²) in [6, 6.07) is 61.7. The zero-order chi connectivity index (χ0) is 36.6. The van der Waals surface area contributed by atoms with Gasteiger partial charge in [-0.3, -0.25) is 0 Å². The minimum atomic E-state index is 0.987. The second kappa shape index (κ2) is 13.8. The Labute approximate surface area is 317 Å². The Kier molecular flexibility index (Phi) is 8.42. The lowest BCUT2D eigenvalue weighted by Crippen LogP contribution is -1.97. The molecule has 0 spiro atoms. The Morgan fingerprint density at radius 1 is 0.444 bits per heavy atom. The van der Waals surface area contributed by atoms with Crippen molar-refractivity contribution in [2.75, 3.05) is 0 Å². The predicted molar refractivity (Wildman–Crippen MR) is 237 cm³/mol. The highest BCUT2D eigenvalue weighted by atomic mass is 14.2. The molecule has 0 aliphatic rings. The summed E-state index contributed by atoms with van der Waals surface area (Å²) >= 11 is 0. The van der Waals surface area contributed by atoms with E-state index in [1.807, 2.05) is 12.2 Å². The molecule has 0 unspecified atom stereocenters. The molecule has 0 amide bonds. The Morgan fingerprint density at radius 2 is 1.00 bits per heavy atom. The molecule has 9 aromatic rings. The molecule has 0 aromatic heterocycles. The van der Waals surface area contributed by atoms with Crippen molar-refractivity contribution in [3.05, 3.63) is 224 Å². The summed E-state index contributed by atoms with van der Waals surface area (Å²) in [6.07, 6.45) is 7.82. The fourth-order valence-electron chi connectivity index (χ4n) is 8.10. The van der Waals surface area contributed by atoms with Gasteiger partial charge in [-0.15, -0.1) is 0 Å². The molecule has 54 heavy (non-hydrogen) atoms. The number of rotatable bonds is 8. The molecule has 0 heteroatoms. The molecule has 254 valence electrons. The van der Waals surface area contributed by atoms with Crippen molar-refractivity contribution in [3.63, 3.8) is 0 Å². The summed E-state index contributed by atoms with van der Waals surface area (Å²) in [7, 11) is 0. The summed E-state index contributed by atoms with van der Waals surface area (Å²) in [5.74, 6) is 0. The van der Waals surface area contributed by atoms with E-state index >= 15 is 0 Å². The summed E-state index contributed by atoms with van der Waals surface area (Å²) in [6.45, 7) is 12.9. The van der Waals surface area contributed by atoms with E-state index in [9.17, 15) is 0 Å². The van der Waals surface area contributed by atoms with E-state index < -0.39 is 0 Å². The van der Waals surface area contributed by atoms with Crippen LogP contribution in [0.25, 0.3) is 94.2 Å². The summed E-state index contributed by atoms with van der Waals surface area (Å²) in [5.41, 5.74) is 12.6. The zero-order valence-electron chi connectivity index (χ0n) is 30.1. The first-order valence-corrected chi connectivity index (χ1v) is 18.4. The molecule has 0 N–H and O–H groups in total. The van der Waals surface area contributed by atoms with Crippen LogP contribution in [0.1, 0.15) is 22.3 Å².